The van der Waals surface area contributed by atoms with Crippen LogP contribution in [0.1, 0.15) is 0 Å². The monoisotopic (exact) mass is 382 g/mol. The minimum absolute atomic E-state index is 0.0568. The van der Waals surface area contributed by atoms with Crippen LogP contribution in [0, 0.1) is 11.6 Å². The van der Waals surface area contributed by atoms with Crippen molar-refractivity contribution in [1.29, 1.82) is 0 Å². The molecule has 0 aliphatic carbocycles. The van der Waals surface area contributed by atoms with E-state index in [-0.39, 0.29) is 31.6 Å². The van der Waals surface area contributed by atoms with Crippen molar-refractivity contribution in [2.45, 2.75) is 24.4 Å². The second-order valence-corrected chi connectivity index (χ2v) is 6.04. The molecule has 2 N–H and O–H groups in total. The molecule has 146 valence electrons. The quantitative estimate of drug-likeness (QED) is 0.795. The van der Waals surface area contributed by atoms with E-state index in [0.717, 1.165) is 0 Å². The van der Waals surface area contributed by atoms with Crippen molar-refractivity contribution in [2.75, 3.05) is 20.0 Å². The molecule has 0 bridgehead atoms. The van der Waals surface area contributed by atoms with Gasteiger partial charge in [-0.2, -0.15) is 0 Å². The zero-order valence-electron chi connectivity index (χ0n) is 14.3. The van der Waals surface area contributed by atoms with Gasteiger partial charge in [0, 0.05) is 0 Å². The van der Waals surface area contributed by atoms with E-state index in [1.165, 1.54) is 48.5 Å². The van der Waals surface area contributed by atoms with Crippen LogP contribution in [0.2, 0.25) is 0 Å². The predicted octanol–water partition coefficient (Wildman–Crippen LogP) is 1.89. The van der Waals surface area contributed by atoms with E-state index >= 15 is 0 Å². The molecule has 3 rings (SSSR count). The first-order chi connectivity index (χ1) is 13.0. The molecule has 1 aliphatic rings. The fraction of sp³-hybridized carbons (Fsp3) is 0.368. The topological polar surface area (TPSA) is 77.4 Å². The van der Waals surface area contributed by atoms with Crippen LogP contribution in [0.5, 0.6) is 11.5 Å². The molecule has 2 aromatic rings. The zero-order valence-corrected chi connectivity index (χ0v) is 14.3. The van der Waals surface area contributed by atoms with Crippen molar-refractivity contribution >= 4 is 0 Å². The molecule has 4 atom stereocenters. The van der Waals surface area contributed by atoms with Gasteiger partial charge < -0.3 is 29.2 Å². The third-order valence-electron chi connectivity index (χ3n) is 4.13. The lowest BCUT2D eigenvalue weighted by molar-refractivity contribution is -0.119. The van der Waals surface area contributed by atoms with Crippen LogP contribution in [0.4, 0.5) is 8.78 Å². The van der Waals surface area contributed by atoms with Gasteiger partial charge in [0.25, 0.3) is 0 Å². The largest absolute Gasteiger partial charge is 0.491 e. The van der Waals surface area contributed by atoms with Crippen LogP contribution in [0.15, 0.2) is 48.5 Å². The van der Waals surface area contributed by atoms with Crippen molar-refractivity contribution in [3.05, 3.63) is 60.2 Å². The molecular formula is C19H20F2O6. The molecular weight excluding hydrogens is 362 g/mol. The maximum absolute atomic E-state index is 12.9. The molecule has 6 nitrogen and oxygen atoms in total. The van der Waals surface area contributed by atoms with Crippen molar-refractivity contribution in [1.82, 2.24) is 0 Å². The third-order valence-corrected chi connectivity index (χ3v) is 4.13. The van der Waals surface area contributed by atoms with Crippen molar-refractivity contribution < 1.29 is 37.9 Å². The van der Waals surface area contributed by atoms with Crippen LogP contribution in [0.25, 0.3) is 0 Å². The summed E-state index contributed by atoms with van der Waals surface area (Å²) in [5, 5.41) is 20.7. The van der Waals surface area contributed by atoms with E-state index in [1.54, 1.807) is 0 Å². The van der Waals surface area contributed by atoms with Gasteiger partial charge in [0.05, 0.1) is 0 Å². The summed E-state index contributed by atoms with van der Waals surface area (Å²) in [6.07, 6.45) is -4.26. The van der Waals surface area contributed by atoms with E-state index in [0.29, 0.717) is 11.5 Å². The van der Waals surface area contributed by atoms with Gasteiger partial charge in [-0.15, -0.1) is 0 Å². The molecule has 4 unspecified atom stereocenters. The van der Waals surface area contributed by atoms with Gasteiger partial charge in [-0.25, -0.2) is 8.78 Å². The number of hydrogen-bond acceptors (Lipinski definition) is 6. The second-order valence-electron chi connectivity index (χ2n) is 6.04. The van der Waals surface area contributed by atoms with Crippen molar-refractivity contribution in [2.24, 2.45) is 0 Å². The first-order valence-corrected chi connectivity index (χ1v) is 8.39. The Morgan fingerprint density at radius 1 is 0.741 bits per heavy atom. The highest BCUT2D eigenvalue weighted by Crippen LogP contribution is 2.20. The average molecular weight is 382 g/mol. The minimum Gasteiger partial charge on any atom is -0.491 e. The highest BCUT2D eigenvalue weighted by Gasteiger charge is 2.37. The summed E-state index contributed by atoms with van der Waals surface area (Å²) in [5.74, 6) is 0.0351. The van der Waals surface area contributed by atoms with Crippen molar-refractivity contribution in [3.8, 4) is 11.5 Å². The van der Waals surface area contributed by atoms with Gasteiger partial charge in [0.15, 0.2) is 0 Å². The lowest BCUT2D eigenvalue weighted by Crippen LogP contribution is -2.47. The van der Waals surface area contributed by atoms with Gasteiger partial charge >= 0.3 is 0 Å². The minimum atomic E-state index is -1.28. The Bertz CT molecular complexity index is 648. The summed E-state index contributed by atoms with van der Waals surface area (Å²) in [5.41, 5.74) is 0. The predicted molar refractivity (Wildman–Crippen MR) is 90.4 cm³/mol. The lowest BCUT2D eigenvalue weighted by atomic mass is 10.0. The van der Waals surface area contributed by atoms with Crippen LogP contribution in [-0.4, -0.2) is 54.6 Å². The lowest BCUT2D eigenvalue weighted by Gasteiger charge is -2.26. The number of benzene rings is 2. The molecule has 27 heavy (non-hydrogen) atoms. The molecule has 1 aliphatic heterocycles. The van der Waals surface area contributed by atoms with Gasteiger partial charge in [0.2, 0.25) is 0 Å². The van der Waals surface area contributed by atoms with E-state index in [4.69, 9.17) is 18.9 Å². The van der Waals surface area contributed by atoms with Crippen LogP contribution < -0.4 is 9.47 Å². The SMILES string of the molecule is OC1C(COc2ccc(F)cc2)OCOC(COc2ccc(F)cc2)C1O. The first kappa shape index (κ1) is 19.5. The van der Waals surface area contributed by atoms with Crippen LogP contribution in [-0.2, 0) is 9.47 Å². The maximum Gasteiger partial charge on any atom is 0.148 e. The number of aliphatic hydroxyl groups excluding tert-OH is 2. The van der Waals surface area contributed by atoms with Gasteiger partial charge in [-0.1, -0.05) is 0 Å². The molecule has 1 fully saturated rings. The molecule has 0 saturated carbocycles. The average Bonchev–Trinajstić information content (AvgIpc) is 2.80. The van der Waals surface area contributed by atoms with Crippen molar-refractivity contribution in [3.63, 3.8) is 0 Å². The van der Waals surface area contributed by atoms with E-state index < -0.39 is 24.4 Å². The summed E-state index contributed by atoms with van der Waals surface area (Å²) in [7, 11) is 0. The van der Waals surface area contributed by atoms with Gasteiger partial charge in [-0.05, 0) is 48.5 Å². The Balaban J connectivity index is 1.53. The summed E-state index contributed by atoms with van der Waals surface area (Å²) >= 11 is 0. The van der Waals surface area contributed by atoms with Crippen LogP contribution >= 0.6 is 0 Å². The standard InChI is InChI=1S/C19H20F2O6/c20-12-1-5-14(6-2-12)24-9-16-18(22)19(23)17(27-11-26-16)10-25-15-7-3-13(21)4-8-15/h1-8,16-19,22-23H,9-11H2. The number of aliphatic hydroxyl groups is 2. The molecule has 0 spiro atoms. The summed E-state index contributed by atoms with van der Waals surface area (Å²) in [6.45, 7) is -0.291. The Labute approximate surface area is 154 Å². The molecule has 0 amide bonds. The molecule has 1 saturated heterocycles. The Morgan fingerprint density at radius 3 is 1.48 bits per heavy atom. The number of rotatable bonds is 6. The Kier molecular flexibility index (Phi) is 6.57. The molecule has 0 aromatic heterocycles. The Morgan fingerprint density at radius 2 is 1.11 bits per heavy atom. The molecule has 2 aromatic carbocycles. The van der Waals surface area contributed by atoms with Gasteiger partial charge in [-0.3, -0.25) is 0 Å². The summed E-state index contributed by atoms with van der Waals surface area (Å²) in [6, 6.07) is 10.8. The number of hydrogen-bond donors (Lipinski definition) is 2. The molecule has 8 heteroatoms. The fourth-order valence-corrected chi connectivity index (χ4v) is 2.56. The number of halogens is 2. The smallest absolute Gasteiger partial charge is 0.148 e. The highest BCUT2D eigenvalue weighted by molar-refractivity contribution is 5.23. The van der Waals surface area contributed by atoms with E-state index in [2.05, 4.69) is 0 Å². The Hall–Kier alpha value is -2.26. The first-order valence-electron chi connectivity index (χ1n) is 8.39. The summed E-state index contributed by atoms with van der Waals surface area (Å²) < 4.78 is 47.5. The fourth-order valence-electron chi connectivity index (χ4n) is 2.56. The third kappa shape index (κ3) is 5.36. The second kappa shape index (κ2) is 9.09. The normalized spacial score (nSPS) is 25.6. The molecule has 0 radical (unpaired) electrons. The number of ether oxygens (including phenoxy) is 4. The van der Waals surface area contributed by atoms with Crippen LogP contribution in [0.3, 0.4) is 0 Å². The summed E-state index contributed by atoms with van der Waals surface area (Å²) in [4.78, 5) is 0. The zero-order chi connectivity index (χ0) is 19.2. The molecule has 1 heterocycles. The van der Waals surface area contributed by atoms with E-state index in [9.17, 15) is 19.0 Å². The van der Waals surface area contributed by atoms with E-state index in [1.807, 2.05) is 0 Å². The van der Waals surface area contributed by atoms with Gasteiger partial charge in [0.1, 0.15) is 67.6 Å². The highest BCUT2D eigenvalue weighted by atomic mass is 19.1. The maximum atomic E-state index is 12.9.